The first kappa shape index (κ1) is 12.2. The molecule has 1 aliphatic carbocycles. The van der Waals surface area contributed by atoms with E-state index in [0.29, 0.717) is 21.7 Å². The van der Waals surface area contributed by atoms with Gasteiger partial charge in [0.1, 0.15) is 6.10 Å². The van der Waals surface area contributed by atoms with E-state index in [1.54, 1.807) is 6.07 Å². The van der Waals surface area contributed by atoms with E-state index in [0.717, 1.165) is 12.8 Å². The Labute approximate surface area is 106 Å². The maximum Gasteiger partial charge on any atom is 0.100 e. The maximum atomic E-state index is 10.2. The van der Waals surface area contributed by atoms with E-state index >= 15 is 0 Å². The Hall–Kier alpha value is -0.310. The van der Waals surface area contributed by atoms with Gasteiger partial charge in [-0.15, -0.1) is 0 Å². The first-order chi connectivity index (χ1) is 7.68. The van der Waals surface area contributed by atoms with E-state index in [2.05, 4.69) is 4.98 Å². The van der Waals surface area contributed by atoms with E-state index in [1.165, 1.54) is 25.5 Å². The number of halogens is 2. The summed E-state index contributed by atoms with van der Waals surface area (Å²) >= 11 is 11.8. The molecule has 0 spiro atoms. The minimum absolute atomic E-state index is 0.292. The molecule has 1 aromatic heterocycles. The van der Waals surface area contributed by atoms with Crippen molar-refractivity contribution < 1.29 is 5.11 Å². The van der Waals surface area contributed by atoms with Gasteiger partial charge in [0.15, 0.2) is 0 Å². The van der Waals surface area contributed by atoms with Gasteiger partial charge in [-0.25, -0.2) is 0 Å². The molecule has 2 rings (SSSR count). The van der Waals surface area contributed by atoms with Gasteiger partial charge < -0.3 is 5.11 Å². The minimum Gasteiger partial charge on any atom is -0.386 e. The zero-order valence-electron chi connectivity index (χ0n) is 9.00. The van der Waals surface area contributed by atoms with Gasteiger partial charge in [0.2, 0.25) is 0 Å². The van der Waals surface area contributed by atoms with Crippen LogP contribution in [0.15, 0.2) is 12.3 Å². The van der Waals surface area contributed by atoms with Crippen LogP contribution in [-0.4, -0.2) is 10.1 Å². The first-order valence-electron chi connectivity index (χ1n) is 5.67. The molecule has 1 atom stereocenters. The van der Waals surface area contributed by atoms with Gasteiger partial charge in [-0.2, -0.15) is 0 Å². The monoisotopic (exact) mass is 259 g/mol. The fourth-order valence-corrected chi connectivity index (χ4v) is 2.81. The molecule has 16 heavy (non-hydrogen) atoms. The Bertz CT molecular complexity index is 364. The van der Waals surface area contributed by atoms with Crippen LogP contribution in [0, 0.1) is 5.92 Å². The molecular weight excluding hydrogens is 245 g/mol. The summed E-state index contributed by atoms with van der Waals surface area (Å²) in [6.45, 7) is 0. The number of hydrogen-bond donors (Lipinski definition) is 1. The molecule has 1 aliphatic rings. The lowest BCUT2D eigenvalue weighted by Crippen LogP contribution is -2.17. The highest BCUT2D eigenvalue weighted by molar-refractivity contribution is 6.34. The number of aliphatic hydroxyl groups is 1. The number of aliphatic hydroxyl groups excluding tert-OH is 1. The number of aromatic nitrogens is 1. The van der Waals surface area contributed by atoms with Gasteiger partial charge in [-0.1, -0.05) is 42.5 Å². The first-order valence-corrected chi connectivity index (χ1v) is 6.43. The largest absolute Gasteiger partial charge is 0.386 e. The second-order valence-corrected chi connectivity index (χ2v) is 5.21. The molecule has 0 radical (unpaired) electrons. The van der Waals surface area contributed by atoms with Gasteiger partial charge >= 0.3 is 0 Å². The van der Waals surface area contributed by atoms with E-state index < -0.39 is 6.10 Å². The van der Waals surface area contributed by atoms with E-state index in [1.807, 2.05) is 0 Å². The van der Waals surface area contributed by atoms with Crippen molar-refractivity contribution in [3.63, 3.8) is 0 Å². The molecule has 0 amide bonds. The maximum absolute atomic E-state index is 10.2. The number of nitrogens with zero attached hydrogens (tertiary/aromatic N) is 1. The Morgan fingerprint density at radius 2 is 1.94 bits per heavy atom. The third kappa shape index (κ3) is 2.68. The van der Waals surface area contributed by atoms with Crippen LogP contribution in [0.1, 0.15) is 43.9 Å². The van der Waals surface area contributed by atoms with Crippen LogP contribution in [-0.2, 0) is 0 Å². The Morgan fingerprint density at radius 1 is 1.25 bits per heavy atom. The zero-order chi connectivity index (χ0) is 11.5. The average Bonchev–Trinajstić information content (AvgIpc) is 2.29. The number of hydrogen-bond acceptors (Lipinski definition) is 2. The van der Waals surface area contributed by atoms with E-state index in [9.17, 15) is 5.11 Å². The molecule has 1 N–H and O–H groups in total. The standard InChI is InChI=1S/C12H15Cl2NO/c13-9-6-10(14)11(15-7-9)12(16)8-4-2-1-3-5-8/h6-8,12,16H,1-5H2. The average molecular weight is 260 g/mol. The van der Waals surface area contributed by atoms with Gasteiger partial charge in [-0.3, -0.25) is 4.98 Å². The lowest BCUT2D eigenvalue weighted by molar-refractivity contribution is 0.0812. The summed E-state index contributed by atoms with van der Waals surface area (Å²) in [5.74, 6) is 0.292. The van der Waals surface area contributed by atoms with Crippen molar-refractivity contribution in [2.45, 2.75) is 38.2 Å². The molecule has 0 saturated heterocycles. The highest BCUT2D eigenvalue weighted by atomic mass is 35.5. The van der Waals surface area contributed by atoms with Crippen LogP contribution in [0.4, 0.5) is 0 Å². The molecule has 1 aromatic rings. The Balaban J connectivity index is 2.15. The quantitative estimate of drug-likeness (QED) is 0.871. The molecule has 4 heteroatoms. The second-order valence-electron chi connectivity index (χ2n) is 4.36. The van der Waals surface area contributed by atoms with E-state index in [-0.39, 0.29) is 0 Å². The molecular formula is C12H15Cl2NO. The van der Waals surface area contributed by atoms with Crippen LogP contribution < -0.4 is 0 Å². The molecule has 0 bridgehead atoms. The summed E-state index contributed by atoms with van der Waals surface area (Å²) in [7, 11) is 0. The molecule has 1 saturated carbocycles. The molecule has 0 aromatic carbocycles. The summed E-state index contributed by atoms with van der Waals surface area (Å²) in [5.41, 5.74) is 0.568. The summed E-state index contributed by atoms with van der Waals surface area (Å²) in [5, 5.41) is 11.2. The molecule has 0 aliphatic heterocycles. The summed E-state index contributed by atoms with van der Waals surface area (Å²) in [6.07, 6.45) is 6.74. The SMILES string of the molecule is OC(c1ncc(Cl)cc1Cl)C1CCCCC1. The Morgan fingerprint density at radius 3 is 2.56 bits per heavy atom. The summed E-state index contributed by atoms with van der Waals surface area (Å²) in [6, 6.07) is 1.64. The molecule has 88 valence electrons. The van der Waals surface area contributed by atoms with Crippen LogP contribution in [0.5, 0.6) is 0 Å². The van der Waals surface area contributed by atoms with Crippen molar-refractivity contribution in [3.05, 3.63) is 28.0 Å². The van der Waals surface area contributed by atoms with Crippen LogP contribution >= 0.6 is 23.2 Å². The van der Waals surface area contributed by atoms with Crippen molar-refractivity contribution in [2.75, 3.05) is 0 Å². The predicted molar refractivity (Wildman–Crippen MR) is 65.8 cm³/mol. The van der Waals surface area contributed by atoms with Crippen LogP contribution in [0.25, 0.3) is 0 Å². The molecule has 1 fully saturated rings. The number of pyridine rings is 1. The minimum atomic E-state index is -0.551. The van der Waals surface area contributed by atoms with Crippen molar-refractivity contribution in [1.29, 1.82) is 0 Å². The topological polar surface area (TPSA) is 33.1 Å². The fourth-order valence-electron chi connectivity index (χ4n) is 2.32. The number of rotatable bonds is 2. The van der Waals surface area contributed by atoms with Gasteiger partial charge in [-0.05, 0) is 24.8 Å². The van der Waals surface area contributed by atoms with Crippen molar-refractivity contribution in [1.82, 2.24) is 4.98 Å². The van der Waals surface area contributed by atoms with Gasteiger partial charge in [0.25, 0.3) is 0 Å². The lowest BCUT2D eigenvalue weighted by Gasteiger charge is -2.26. The summed E-state index contributed by atoms with van der Waals surface area (Å²) < 4.78 is 0. The highest BCUT2D eigenvalue weighted by Gasteiger charge is 2.25. The Kier molecular flexibility index (Phi) is 4.06. The zero-order valence-corrected chi connectivity index (χ0v) is 10.5. The van der Waals surface area contributed by atoms with Crippen LogP contribution in [0.2, 0.25) is 10.0 Å². The lowest BCUT2D eigenvalue weighted by atomic mass is 9.84. The van der Waals surface area contributed by atoms with E-state index in [4.69, 9.17) is 23.2 Å². The van der Waals surface area contributed by atoms with Crippen molar-refractivity contribution in [3.8, 4) is 0 Å². The van der Waals surface area contributed by atoms with Gasteiger partial charge in [0, 0.05) is 6.20 Å². The highest BCUT2D eigenvalue weighted by Crippen LogP contribution is 2.36. The molecule has 1 heterocycles. The van der Waals surface area contributed by atoms with Crippen molar-refractivity contribution in [2.24, 2.45) is 5.92 Å². The molecule has 1 unspecified atom stereocenters. The third-order valence-electron chi connectivity index (χ3n) is 3.21. The third-order valence-corrected chi connectivity index (χ3v) is 3.72. The molecule has 2 nitrogen and oxygen atoms in total. The van der Waals surface area contributed by atoms with Crippen molar-refractivity contribution >= 4 is 23.2 Å². The normalized spacial score (nSPS) is 19.7. The smallest absolute Gasteiger partial charge is 0.100 e. The second kappa shape index (κ2) is 5.35. The predicted octanol–water partition coefficient (Wildman–Crippen LogP) is 4.00. The van der Waals surface area contributed by atoms with Gasteiger partial charge in [0.05, 0.1) is 15.7 Å². The fraction of sp³-hybridized carbons (Fsp3) is 0.583. The van der Waals surface area contributed by atoms with Crippen LogP contribution in [0.3, 0.4) is 0 Å². The summed E-state index contributed by atoms with van der Waals surface area (Å²) in [4.78, 5) is 4.14.